The first-order valence-corrected chi connectivity index (χ1v) is 9.97. The van der Waals surface area contributed by atoms with E-state index >= 15 is 0 Å². The maximum absolute atomic E-state index is 13.1. The molecule has 2 aromatic rings. The summed E-state index contributed by atoms with van der Waals surface area (Å²) in [6.07, 6.45) is 2.87. The summed E-state index contributed by atoms with van der Waals surface area (Å²) in [7, 11) is -2.29. The monoisotopic (exact) mass is 374 g/mol. The van der Waals surface area contributed by atoms with Gasteiger partial charge in [0.05, 0.1) is 7.11 Å². The maximum atomic E-state index is 13.1. The van der Waals surface area contributed by atoms with Gasteiger partial charge in [0.25, 0.3) is 0 Å². The summed E-state index contributed by atoms with van der Waals surface area (Å²) in [5.74, 6) is -0.181. The van der Waals surface area contributed by atoms with Gasteiger partial charge in [-0.05, 0) is 49.6 Å². The third-order valence-corrected chi connectivity index (χ3v) is 6.50. The number of hydrogen-bond donors (Lipinski definition) is 0. The van der Waals surface area contributed by atoms with Gasteiger partial charge >= 0.3 is 0 Å². The minimum Gasteiger partial charge on any atom is -0.495 e. The van der Waals surface area contributed by atoms with E-state index in [4.69, 9.17) is 4.74 Å². The molecule has 1 saturated heterocycles. The van der Waals surface area contributed by atoms with Crippen LogP contribution >= 0.6 is 0 Å². The van der Waals surface area contributed by atoms with Crippen LogP contribution in [0.25, 0.3) is 0 Å². The highest BCUT2D eigenvalue weighted by Crippen LogP contribution is 2.31. The molecular formula is C19H22N2O4S. The summed E-state index contributed by atoms with van der Waals surface area (Å²) in [4.78, 5) is 16.9. The van der Waals surface area contributed by atoms with Gasteiger partial charge in [-0.3, -0.25) is 9.78 Å². The second kappa shape index (κ2) is 7.55. The Kier molecular flexibility index (Phi) is 5.38. The van der Waals surface area contributed by atoms with E-state index in [9.17, 15) is 13.2 Å². The average molecular weight is 374 g/mol. The van der Waals surface area contributed by atoms with Crippen molar-refractivity contribution in [2.45, 2.75) is 24.7 Å². The van der Waals surface area contributed by atoms with Crippen LogP contribution < -0.4 is 4.74 Å². The summed E-state index contributed by atoms with van der Waals surface area (Å²) in [5, 5.41) is 0. The van der Waals surface area contributed by atoms with E-state index in [-0.39, 0.29) is 23.1 Å². The van der Waals surface area contributed by atoms with Gasteiger partial charge in [0, 0.05) is 25.2 Å². The zero-order valence-electron chi connectivity index (χ0n) is 14.9. The lowest BCUT2D eigenvalue weighted by Gasteiger charge is -2.31. The van der Waals surface area contributed by atoms with E-state index in [0.29, 0.717) is 30.8 Å². The summed E-state index contributed by atoms with van der Waals surface area (Å²) >= 11 is 0. The van der Waals surface area contributed by atoms with Crippen LogP contribution in [0.3, 0.4) is 0 Å². The molecule has 1 aliphatic rings. The molecule has 0 bridgehead atoms. The number of Topliss-reactive ketones (excluding diaryl/α,β-unsaturated/α-hetero) is 1. The maximum Gasteiger partial charge on any atom is 0.246 e. The highest BCUT2D eigenvalue weighted by molar-refractivity contribution is 7.89. The van der Waals surface area contributed by atoms with Crippen molar-refractivity contribution < 1.29 is 17.9 Å². The van der Waals surface area contributed by atoms with Crippen molar-refractivity contribution in [3.8, 4) is 5.75 Å². The van der Waals surface area contributed by atoms with E-state index in [1.54, 1.807) is 36.5 Å². The first-order chi connectivity index (χ1) is 12.4. The standard InChI is InChI=1S/C19H22N2O4S/c1-14-8-9-17(25-2)18(12-14)26(23,24)21-11-5-6-15(13-21)19(22)16-7-3-4-10-20-16/h3-4,7-10,12,15H,5-6,11,13H2,1-2H3. The Bertz CT molecular complexity index is 897. The van der Waals surface area contributed by atoms with Gasteiger partial charge in [-0.2, -0.15) is 4.31 Å². The summed E-state index contributed by atoms with van der Waals surface area (Å²) in [5.41, 5.74) is 1.22. The number of aromatic nitrogens is 1. The van der Waals surface area contributed by atoms with Crippen molar-refractivity contribution in [2.24, 2.45) is 5.92 Å². The second-order valence-electron chi connectivity index (χ2n) is 6.44. The van der Waals surface area contributed by atoms with Crippen LogP contribution in [-0.2, 0) is 10.0 Å². The minimum absolute atomic E-state index is 0.110. The molecule has 0 spiro atoms. The molecule has 0 saturated carbocycles. The number of rotatable bonds is 5. The molecule has 1 unspecified atom stereocenters. The Balaban J connectivity index is 1.87. The van der Waals surface area contributed by atoms with Crippen LogP contribution in [0.5, 0.6) is 5.75 Å². The zero-order chi connectivity index (χ0) is 18.7. The fourth-order valence-electron chi connectivity index (χ4n) is 3.22. The van der Waals surface area contributed by atoms with Crippen molar-refractivity contribution >= 4 is 15.8 Å². The number of ether oxygens (including phenoxy) is 1. The van der Waals surface area contributed by atoms with E-state index in [2.05, 4.69) is 4.98 Å². The quantitative estimate of drug-likeness (QED) is 0.752. The molecule has 1 aliphatic heterocycles. The molecule has 0 aliphatic carbocycles. The van der Waals surface area contributed by atoms with Gasteiger partial charge in [-0.1, -0.05) is 12.1 Å². The molecule has 6 nitrogen and oxygen atoms in total. The predicted molar refractivity (Wildman–Crippen MR) is 97.8 cm³/mol. The highest BCUT2D eigenvalue weighted by Gasteiger charge is 2.35. The molecule has 7 heteroatoms. The van der Waals surface area contributed by atoms with Crippen molar-refractivity contribution in [1.29, 1.82) is 0 Å². The minimum atomic E-state index is -3.74. The van der Waals surface area contributed by atoms with E-state index in [1.807, 2.05) is 13.0 Å². The number of pyridine rings is 1. The lowest BCUT2D eigenvalue weighted by atomic mass is 9.93. The second-order valence-corrected chi connectivity index (χ2v) is 8.34. The molecule has 1 fully saturated rings. The van der Waals surface area contributed by atoms with Gasteiger partial charge in [0.15, 0.2) is 5.78 Å². The van der Waals surface area contributed by atoms with Gasteiger partial charge in [-0.15, -0.1) is 0 Å². The molecule has 138 valence electrons. The number of benzene rings is 1. The van der Waals surface area contributed by atoms with Crippen molar-refractivity contribution in [3.05, 3.63) is 53.9 Å². The molecule has 3 rings (SSSR count). The largest absolute Gasteiger partial charge is 0.495 e. The summed E-state index contributed by atoms with van der Waals surface area (Å²) in [6, 6.07) is 10.2. The van der Waals surface area contributed by atoms with Crippen LogP contribution in [0.4, 0.5) is 0 Å². The number of hydrogen-bond acceptors (Lipinski definition) is 5. The Morgan fingerprint density at radius 3 is 2.77 bits per heavy atom. The normalized spacial score (nSPS) is 18.5. The number of methoxy groups -OCH3 is 1. The third kappa shape index (κ3) is 3.64. The van der Waals surface area contributed by atoms with Gasteiger partial charge in [-0.25, -0.2) is 8.42 Å². The van der Waals surface area contributed by atoms with Crippen molar-refractivity contribution in [3.63, 3.8) is 0 Å². The number of piperidine rings is 1. The smallest absolute Gasteiger partial charge is 0.246 e. The molecule has 26 heavy (non-hydrogen) atoms. The lowest BCUT2D eigenvalue weighted by Crippen LogP contribution is -2.42. The van der Waals surface area contributed by atoms with Crippen LogP contribution in [-0.4, -0.2) is 43.7 Å². The molecule has 0 radical (unpaired) electrons. The van der Waals surface area contributed by atoms with Crippen LogP contribution in [0.15, 0.2) is 47.5 Å². The first-order valence-electron chi connectivity index (χ1n) is 8.53. The van der Waals surface area contributed by atoms with Crippen LogP contribution in [0.1, 0.15) is 28.9 Å². The molecule has 0 N–H and O–H groups in total. The SMILES string of the molecule is COc1ccc(C)cc1S(=O)(=O)N1CCCC(C(=O)c2ccccn2)C1. The lowest BCUT2D eigenvalue weighted by molar-refractivity contribution is 0.0867. The number of sulfonamides is 1. The van der Waals surface area contributed by atoms with E-state index in [0.717, 1.165) is 5.56 Å². The van der Waals surface area contributed by atoms with Gasteiger partial charge in [0.2, 0.25) is 10.0 Å². The van der Waals surface area contributed by atoms with E-state index in [1.165, 1.54) is 11.4 Å². The third-order valence-electron chi connectivity index (χ3n) is 4.61. The van der Waals surface area contributed by atoms with Crippen molar-refractivity contribution in [1.82, 2.24) is 9.29 Å². The Labute approximate surface area is 153 Å². The first kappa shape index (κ1) is 18.5. The fraction of sp³-hybridized carbons (Fsp3) is 0.368. The fourth-order valence-corrected chi connectivity index (χ4v) is 4.98. The summed E-state index contributed by atoms with van der Waals surface area (Å²) in [6.45, 7) is 2.39. The number of aryl methyl sites for hydroxylation is 1. The van der Waals surface area contributed by atoms with Crippen LogP contribution in [0, 0.1) is 12.8 Å². The van der Waals surface area contributed by atoms with Gasteiger partial charge in [0.1, 0.15) is 16.3 Å². The molecule has 1 aromatic carbocycles. The molecule has 1 atom stereocenters. The Morgan fingerprint density at radius 1 is 1.27 bits per heavy atom. The molecule has 2 heterocycles. The Hall–Kier alpha value is -2.25. The zero-order valence-corrected chi connectivity index (χ0v) is 15.7. The molecular weight excluding hydrogens is 352 g/mol. The number of nitrogens with zero attached hydrogens (tertiary/aromatic N) is 2. The van der Waals surface area contributed by atoms with Gasteiger partial charge < -0.3 is 4.74 Å². The Morgan fingerprint density at radius 2 is 2.08 bits per heavy atom. The molecule has 0 amide bonds. The van der Waals surface area contributed by atoms with E-state index < -0.39 is 10.0 Å². The van der Waals surface area contributed by atoms with Crippen LogP contribution in [0.2, 0.25) is 0 Å². The summed E-state index contributed by atoms with van der Waals surface area (Å²) < 4.78 is 32.9. The molecule has 1 aromatic heterocycles. The number of carbonyl (C=O) groups excluding carboxylic acids is 1. The average Bonchev–Trinajstić information content (AvgIpc) is 2.68. The highest BCUT2D eigenvalue weighted by atomic mass is 32.2. The topological polar surface area (TPSA) is 76.6 Å². The predicted octanol–water partition coefficient (Wildman–Crippen LogP) is 2.68. The number of ketones is 1. The van der Waals surface area contributed by atoms with Crippen molar-refractivity contribution in [2.75, 3.05) is 20.2 Å². The number of carbonyl (C=O) groups is 1.